The maximum Gasteiger partial charge on any atom is 0.471 e. The van der Waals surface area contributed by atoms with E-state index in [0.29, 0.717) is 50.3 Å². The van der Waals surface area contributed by atoms with Crippen LogP contribution in [-0.4, -0.2) is 56.7 Å². The van der Waals surface area contributed by atoms with Crippen molar-refractivity contribution in [1.82, 2.24) is 10.2 Å². The minimum Gasteiger partial charge on any atom is -0.493 e. The summed E-state index contributed by atoms with van der Waals surface area (Å²) in [4.78, 5) is 25.0. The van der Waals surface area contributed by atoms with Gasteiger partial charge in [-0.3, -0.25) is 9.59 Å². The molecule has 0 saturated carbocycles. The average Bonchev–Trinajstić information content (AvgIpc) is 2.69. The van der Waals surface area contributed by atoms with Gasteiger partial charge in [-0.1, -0.05) is 6.07 Å². The zero-order valence-electron chi connectivity index (χ0n) is 16.0. The van der Waals surface area contributed by atoms with Crippen molar-refractivity contribution in [3.63, 3.8) is 0 Å². The fourth-order valence-electron chi connectivity index (χ4n) is 3.17. The number of hydrogen-bond acceptors (Lipinski definition) is 4. The summed E-state index contributed by atoms with van der Waals surface area (Å²) in [7, 11) is 3.10. The van der Waals surface area contributed by atoms with Crippen molar-refractivity contribution in [3.8, 4) is 11.5 Å². The van der Waals surface area contributed by atoms with Crippen LogP contribution in [-0.2, 0) is 16.0 Å². The molecule has 1 aliphatic heterocycles. The number of carbonyl (C=O) groups excluding carboxylic acids is 2. The van der Waals surface area contributed by atoms with Crippen LogP contribution >= 0.6 is 0 Å². The summed E-state index contributed by atoms with van der Waals surface area (Å²) in [6, 6.07) is 5.51. The van der Waals surface area contributed by atoms with Gasteiger partial charge in [-0.2, -0.15) is 13.2 Å². The highest BCUT2D eigenvalue weighted by Crippen LogP contribution is 2.28. The fraction of sp³-hybridized carbons (Fsp3) is 0.579. The number of likely N-dealkylation sites (tertiary alicyclic amines) is 1. The Hall–Kier alpha value is -2.45. The number of methoxy groups -OCH3 is 2. The Morgan fingerprint density at radius 1 is 1.14 bits per heavy atom. The van der Waals surface area contributed by atoms with Crippen LogP contribution in [0.4, 0.5) is 13.2 Å². The Bertz CT molecular complexity index is 686. The maximum atomic E-state index is 12.4. The number of halogens is 3. The van der Waals surface area contributed by atoms with E-state index in [9.17, 15) is 22.8 Å². The molecule has 2 rings (SSSR count). The first-order valence-corrected chi connectivity index (χ1v) is 9.08. The van der Waals surface area contributed by atoms with Crippen LogP contribution in [0.3, 0.4) is 0 Å². The molecule has 6 nitrogen and oxygen atoms in total. The van der Waals surface area contributed by atoms with Crippen LogP contribution < -0.4 is 14.8 Å². The van der Waals surface area contributed by atoms with Gasteiger partial charge in [0.05, 0.1) is 14.2 Å². The van der Waals surface area contributed by atoms with Gasteiger partial charge < -0.3 is 19.7 Å². The Labute approximate surface area is 162 Å². The Morgan fingerprint density at radius 2 is 1.79 bits per heavy atom. The predicted molar refractivity (Wildman–Crippen MR) is 96.2 cm³/mol. The molecule has 0 bridgehead atoms. The predicted octanol–water partition coefficient (Wildman–Crippen LogP) is 2.55. The van der Waals surface area contributed by atoms with Gasteiger partial charge in [0.25, 0.3) is 0 Å². The summed E-state index contributed by atoms with van der Waals surface area (Å²) >= 11 is 0. The summed E-state index contributed by atoms with van der Waals surface area (Å²) in [5.74, 6) is -0.735. The molecule has 9 heteroatoms. The number of piperidine rings is 1. The molecular formula is C19H25F3N2O4. The molecule has 0 radical (unpaired) electrons. The van der Waals surface area contributed by atoms with E-state index in [4.69, 9.17) is 9.47 Å². The Kier molecular flexibility index (Phi) is 7.53. The van der Waals surface area contributed by atoms with Crippen LogP contribution in [0.2, 0.25) is 0 Å². The first-order valence-electron chi connectivity index (χ1n) is 9.08. The number of ether oxygens (including phenoxy) is 2. The third-order valence-corrected chi connectivity index (χ3v) is 4.85. The summed E-state index contributed by atoms with van der Waals surface area (Å²) in [5, 5.41) is 1.91. The second-order valence-electron chi connectivity index (χ2n) is 6.72. The van der Waals surface area contributed by atoms with Gasteiger partial charge in [0.15, 0.2) is 11.5 Å². The first-order chi connectivity index (χ1) is 13.2. The monoisotopic (exact) mass is 402 g/mol. The van der Waals surface area contributed by atoms with Gasteiger partial charge in [0.1, 0.15) is 0 Å². The molecule has 1 heterocycles. The lowest BCUT2D eigenvalue weighted by Crippen LogP contribution is -2.44. The molecule has 0 atom stereocenters. The highest BCUT2D eigenvalue weighted by molar-refractivity contribution is 5.81. The molecule has 1 fully saturated rings. The summed E-state index contributed by atoms with van der Waals surface area (Å²) in [6.45, 7) is 0.945. The zero-order chi connectivity index (χ0) is 20.7. The first kappa shape index (κ1) is 21.8. The normalized spacial score (nSPS) is 15.2. The third kappa shape index (κ3) is 6.03. The number of rotatable bonds is 7. The molecule has 0 aliphatic carbocycles. The van der Waals surface area contributed by atoms with E-state index < -0.39 is 12.1 Å². The molecule has 0 unspecified atom stereocenters. The van der Waals surface area contributed by atoms with E-state index in [1.54, 1.807) is 25.2 Å². The summed E-state index contributed by atoms with van der Waals surface area (Å²) in [5.41, 5.74) is 0.954. The van der Waals surface area contributed by atoms with E-state index in [1.807, 2.05) is 17.4 Å². The van der Waals surface area contributed by atoms with Crippen molar-refractivity contribution in [1.29, 1.82) is 0 Å². The van der Waals surface area contributed by atoms with Crippen LogP contribution in [0.1, 0.15) is 24.8 Å². The van der Waals surface area contributed by atoms with E-state index in [2.05, 4.69) is 0 Å². The van der Waals surface area contributed by atoms with Gasteiger partial charge >= 0.3 is 12.1 Å². The third-order valence-electron chi connectivity index (χ3n) is 4.85. The van der Waals surface area contributed by atoms with Gasteiger partial charge in [-0.25, -0.2) is 0 Å². The Balaban J connectivity index is 1.76. The maximum absolute atomic E-state index is 12.4. The molecule has 0 aromatic heterocycles. The van der Waals surface area contributed by atoms with Gasteiger partial charge in [0.2, 0.25) is 5.91 Å². The second kappa shape index (κ2) is 9.66. The molecule has 1 saturated heterocycles. The molecule has 1 aliphatic rings. The molecular weight excluding hydrogens is 377 g/mol. The number of hydrogen-bond donors (Lipinski definition) is 1. The number of amides is 2. The number of benzene rings is 1. The number of nitrogens with one attached hydrogen (secondary N) is 1. The van der Waals surface area contributed by atoms with Crippen molar-refractivity contribution in [2.75, 3.05) is 33.9 Å². The van der Waals surface area contributed by atoms with Crippen molar-refractivity contribution in [3.05, 3.63) is 23.8 Å². The molecule has 1 N–H and O–H groups in total. The van der Waals surface area contributed by atoms with Crippen LogP contribution in [0.25, 0.3) is 0 Å². The number of carbonyl (C=O) groups is 2. The molecule has 156 valence electrons. The van der Waals surface area contributed by atoms with E-state index in [1.165, 1.54) is 0 Å². The standard InChI is InChI=1S/C19H25F3N2O4/c1-27-15-5-3-13(11-16(15)28-2)4-6-17(25)24-9-7-14(8-10-24)12-23-18(26)19(20,21)22/h3,5,11,14H,4,6-10,12H2,1-2H3,(H,23,26). The van der Waals surface area contributed by atoms with Gasteiger partial charge in [-0.15, -0.1) is 0 Å². The molecule has 1 aromatic carbocycles. The molecule has 1 aromatic rings. The van der Waals surface area contributed by atoms with Crippen LogP contribution in [0, 0.1) is 5.92 Å². The molecule has 2 amide bonds. The highest BCUT2D eigenvalue weighted by atomic mass is 19.4. The number of aryl methyl sites for hydroxylation is 1. The minimum absolute atomic E-state index is 0.00700. The summed E-state index contributed by atoms with van der Waals surface area (Å²) < 4.78 is 47.1. The fourth-order valence-corrected chi connectivity index (χ4v) is 3.17. The average molecular weight is 402 g/mol. The highest BCUT2D eigenvalue weighted by Gasteiger charge is 2.38. The van der Waals surface area contributed by atoms with E-state index in [0.717, 1.165) is 5.56 Å². The molecule has 0 spiro atoms. The topological polar surface area (TPSA) is 67.9 Å². The van der Waals surface area contributed by atoms with E-state index in [-0.39, 0.29) is 18.4 Å². The van der Waals surface area contributed by atoms with Gasteiger partial charge in [0, 0.05) is 26.1 Å². The van der Waals surface area contributed by atoms with E-state index >= 15 is 0 Å². The van der Waals surface area contributed by atoms with Crippen LogP contribution in [0.15, 0.2) is 18.2 Å². The number of alkyl halides is 3. The summed E-state index contributed by atoms with van der Waals surface area (Å²) in [6.07, 6.45) is -2.83. The second-order valence-corrected chi connectivity index (χ2v) is 6.72. The Morgan fingerprint density at radius 3 is 2.36 bits per heavy atom. The SMILES string of the molecule is COc1ccc(CCC(=O)N2CCC(CNC(=O)C(F)(F)F)CC2)cc1OC. The van der Waals surface area contributed by atoms with Gasteiger partial charge in [-0.05, 0) is 42.9 Å². The van der Waals surface area contributed by atoms with Crippen molar-refractivity contribution < 1.29 is 32.2 Å². The van der Waals surface area contributed by atoms with Crippen molar-refractivity contribution in [2.45, 2.75) is 31.9 Å². The largest absolute Gasteiger partial charge is 0.493 e. The lowest BCUT2D eigenvalue weighted by molar-refractivity contribution is -0.173. The van der Waals surface area contributed by atoms with Crippen molar-refractivity contribution in [2.24, 2.45) is 5.92 Å². The smallest absolute Gasteiger partial charge is 0.471 e. The minimum atomic E-state index is -4.86. The number of nitrogens with zero attached hydrogens (tertiary/aromatic N) is 1. The zero-order valence-corrected chi connectivity index (χ0v) is 16.0. The van der Waals surface area contributed by atoms with Crippen molar-refractivity contribution >= 4 is 11.8 Å². The molecule has 28 heavy (non-hydrogen) atoms. The van der Waals surface area contributed by atoms with Crippen LogP contribution in [0.5, 0.6) is 11.5 Å². The lowest BCUT2D eigenvalue weighted by Gasteiger charge is -2.32. The quantitative estimate of drug-likeness (QED) is 0.761. The lowest BCUT2D eigenvalue weighted by atomic mass is 9.96.